The molecule has 108 valence electrons. The first kappa shape index (κ1) is 14.6. The van der Waals surface area contributed by atoms with Crippen molar-refractivity contribution in [2.24, 2.45) is 0 Å². The monoisotopic (exact) mass is 297 g/mol. The number of rotatable bonds is 3. The molecule has 0 aromatic heterocycles. The number of non-ortho nitro benzene ring substituents is 1. The second-order valence-corrected chi connectivity index (χ2v) is 5.78. The van der Waals surface area contributed by atoms with Gasteiger partial charge in [0.05, 0.1) is 21.2 Å². The van der Waals surface area contributed by atoms with Gasteiger partial charge in [-0.05, 0) is 19.8 Å². The number of amides is 1. The summed E-state index contributed by atoms with van der Waals surface area (Å²) in [5, 5.41) is 13.7. The Morgan fingerprint density at radius 3 is 2.60 bits per heavy atom. The largest absolute Gasteiger partial charge is 0.397 e. The summed E-state index contributed by atoms with van der Waals surface area (Å²) in [6.45, 7) is 1.97. The Bertz CT molecular complexity index is 568. The molecule has 0 heterocycles. The second kappa shape index (κ2) is 5.28. The molecule has 20 heavy (non-hydrogen) atoms. The minimum atomic E-state index is -0.598. The van der Waals surface area contributed by atoms with Crippen molar-refractivity contribution in [2.75, 3.05) is 5.73 Å². The smallest absolute Gasteiger partial charge is 0.271 e. The Balaban J connectivity index is 2.31. The Hall–Kier alpha value is -1.82. The molecule has 1 aromatic carbocycles. The van der Waals surface area contributed by atoms with E-state index in [-0.39, 0.29) is 27.5 Å². The van der Waals surface area contributed by atoms with Crippen molar-refractivity contribution in [2.45, 2.75) is 38.1 Å². The first-order valence-corrected chi connectivity index (χ1v) is 6.76. The number of carbonyl (C=O) groups excluding carboxylic acids is 1. The van der Waals surface area contributed by atoms with E-state index in [1.54, 1.807) is 0 Å². The third-order valence-electron chi connectivity index (χ3n) is 3.69. The first-order valence-electron chi connectivity index (χ1n) is 6.38. The van der Waals surface area contributed by atoms with Gasteiger partial charge in [0.2, 0.25) is 0 Å². The minimum Gasteiger partial charge on any atom is -0.397 e. The van der Waals surface area contributed by atoms with Crippen molar-refractivity contribution in [1.29, 1.82) is 0 Å². The van der Waals surface area contributed by atoms with E-state index < -0.39 is 10.8 Å². The summed E-state index contributed by atoms with van der Waals surface area (Å²) in [5.41, 5.74) is 5.35. The van der Waals surface area contributed by atoms with E-state index in [9.17, 15) is 14.9 Å². The number of carbonyl (C=O) groups is 1. The molecule has 1 fully saturated rings. The van der Waals surface area contributed by atoms with Crippen molar-refractivity contribution in [3.05, 3.63) is 32.8 Å². The number of anilines is 1. The minimum absolute atomic E-state index is 0.0147. The lowest BCUT2D eigenvalue weighted by atomic mass is 9.99. The number of nitrogens with two attached hydrogens (primary N) is 1. The van der Waals surface area contributed by atoms with Gasteiger partial charge >= 0.3 is 0 Å². The van der Waals surface area contributed by atoms with Gasteiger partial charge in [-0.3, -0.25) is 14.9 Å². The maximum atomic E-state index is 12.3. The Morgan fingerprint density at radius 2 is 2.05 bits per heavy atom. The van der Waals surface area contributed by atoms with E-state index in [0.29, 0.717) is 0 Å². The van der Waals surface area contributed by atoms with E-state index in [0.717, 1.165) is 37.8 Å². The number of nitro benzene ring substituents is 1. The quantitative estimate of drug-likeness (QED) is 0.509. The van der Waals surface area contributed by atoms with E-state index in [2.05, 4.69) is 5.32 Å². The molecule has 0 bridgehead atoms. The molecule has 1 amide bonds. The molecule has 1 aromatic rings. The summed E-state index contributed by atoms with van der Waals surface area (Å²) in [5.74, 6) is -0.419. The molecule has 1 saturated carbocycles. The van der Waals surface area contributed by atoms with Crippen LogP contribution in [0.25, 0.3) is 0 Å². The zero-order valence-electron chi connectivity index (χ0n) is 11.1. The average Bonchev–Trinajstić information content (AvgIpc) is 2.78. The molecule has 1 aliphatic rings. The first-order chi connectivity index (χ1) is 9.32. The summed E-state index contributed by atoms with van der Waals surface area (Å²) in [6, 6.07) is 2.31. The van der Waals surface area contributed by atoms with E-state index in [1.165, 1.54) is 0 Å². The van der Waals surface area contributed by atoms with Crippen molar-refractivity contribution in [1.82, 2.24) is 5.32 Å². The standard InChI is InChI=1S/C13H16ClN3O3/c1-13(4-2-3-5-13)16-12(18)9-6-8(17(19)20)7-10(14)11(9)15/h6-7H,2-5,15H2,1H3,(H,16,18). The zero-order valence-corrected chi connectivity index (χ0v) is 11.9. The topological polar surface area (TPSA) is 98.3 Å². The number of hydrogen-bond donors (Lipinski definition) is 2. The van der Waals surface area contributed by atoms with Gasteiger partial charge in [0, 0.05) is 17.7 Å². The van der Waals surface area contributed by atoms with Crippen LogP contribution in [0.1, 0.15) is 43.0 Å². The summed E-state index contributed by atoms with van der Waals surface area (Å²) in [6.07, 6.45) is 3.90. The number of nitrogens with zero attached hydrogens (tertiary/aromatic N) is 1. The van der Waals surface area contributed by atoms with Crippen LogP contribution in [-0.4, -0.2) is 16.4 Å². The maximum Gasteiger partial charge on any atom is 0.271 e. The number of nitrogens with one attached hydrogen (secondary N) is 1. The second-order valence-electron chi connectivity index (χ2n) is 5.37. The Morgan fingerprint density at radius 1 is 1.45 bits per heavy atom. The van der Waals surface area contributed by atoms with E-state index in [1.807, 2.05) is 6.92 Å². The highest BCUT2D eigenvalue weighted by Crippen LogP contribution is 2.32. The Kier molecular flexibility index (Phi) is 3.85. The van der Waals surface area contributed by atoms with Crippen LogP contribution in [0.2, 0.25) is 5.02 Å². The molecular weight excluding hydrogens is 282 g/mol. The molecule has 0 spiro atoms. The molecule has 2 rings (SSSR count). The Labute approximate surface area is 121 Å². The lowest BCUT2D eigenvalue weighted by molar-refractivity contribution is -0.384. The van der Waals surface area contributed by atoms with E-state index in [4.69, 9.17) is 17.3 Å². The van der Waals surface area contributed by atoms with Gasteiger partial charge < -0.3 is 11.1 Å². The van der Waals surface area contributed by atoms with Crippen LogP contribution in [0.5, 0.6) is 0 Å². The molecule has 0 atom stereocenters. The fourth-order valence-corrected chi connectivity index (χ4v) is 2.73. The SMILES string of the molecule is CC1(NC(=O)c2cc([N+](=O)[O-])cc(Cl)c2N)CCCC1. The highest BCUT2D eigenvalue weighted by Gasteiger charge is 2.31. The molecule has 1 aliphatic carbocycles. The number of halogens is 1. The normalized spacial score (nSPS) is 16.9. The van der Waals surface area contributed by atoms with Gasteiger partial charge in [0.15, 0.2) is 0 Å². The van der Waals surface area contributed by atoms with Gasteiger partial charge in [0.1, 0.15) is 0 Å². The fraction of sp³-hybridized carbons (Fsp3) is 0.462. The number of hydrogen-bond acceptors (Lipinski definition) is 4. The van der Waals surface area contributed by atoms with Crippen LogP contribution >= 0.6 is 11.6 Å². The van der Waals surface area contributed by atoms with Gasteiger partial charge in [-0.25, -0.2) is 0 Å². The highest BCUT2D eigenvalue weighted by molar-refractivity contribution is 6.34. The van der Waals surface area contributed by atoms with Crippen LogP contribution in [0, 0.1) is 10.1 Å². The van der Waals surface area contributed by atoms with Gasteiger partial charge in [-0.2, -0.15) is 0 Å². The van der Waals surface area contributed by atoms with E-state index >= 15 is 0 Å². The molecule has 3 N–H and O–H groups in total. The van der Waals surface area contributed by atoms with Crippen molar-refractivity contribution < 1.29 is 9.72 Å². The number of nitro groups is 1. The van der Waals surface area contributed by atoms with Crippen LogP contribution in [0.3, 0.4) is 0 Å². The molecule has 6 nitrogen and oxygen atoms in total. The molecule has 0 saturated heterocycles. The van der Waals surface area contributed by atoms with Crippen molar-refractivity contribution in [3.63, 3.8) is 0 Å². The molecule has 7 heteroatoms. The van der Waals surface area contributed by atoms with Crippen LogP contribution in [0.15, 0.2) is 12.1 Å². The average molecular weight is 298 g/mol. The summed E-state index contributed by atoms with van der Waals surface area (Å²) in [7, 11) is 0. The van der Waals surface area contributed by atoms with Gasteiger partial charge in [-0.1, -0.05) is 24.4 Å². The molecule has 0 aliphatic heterocycles. The summed E-state index contributed by atoms with van der Waals surface area (Å²) < 4.78 is 0. The van der Waals surface area contributed by atoms with Crippen LogP contribution < -0.4 is 11.1 Å². The van der Waals surface area contributed by atoms with Crippen LogP contribution in [-0.2, 0) is 0 Å². The lowest BCUT2D eigenvalue weighted by Gasteiger charge is -2.25. The number of benzene rings is 1. The summed E-state index contributed by atoms with van der Waals surface area (Å²) in [4.78, 5) is 22.5. The van der Waals surface area contributed by atoms with Gasteiger partial charge in [0.25, 0.3) is 11.6 Å². The lowest BCUT2D eigenvalue weighted by Crippen LogP contribution is -2.43. The molecule has 0 unspecified atom stereocenters. The molecular formula is C13H16ClN3O3. The number of nitrogen functional groups attached to an aromatic ring is 1. The third-order valence-corrected chi connectivity index (χ3v) is 4.00. The summed E-state index contributed by atoms with van der Waals surface area (Å²) >= 11 is 5.85. The predicted molar refractivity (Wildman–Crippen MR) is 76.9 cm³/mol. The zero-order chi connectivity index (χ0) is 14.9. The fourth-order valence-electron chi connectivity index (χ4n) is 2.52. The van der Waals surface area contributed by atoms with Gasteiger partial charge in [-0.15, -0.1) is 0 Å². The third kappa shape index (κ3) is 2.85. The van der Waals surface area contributed by atoms with Crippen molar-refractivity contribution >= 4 is 28.9 Å². The maximum absolute atomic E-state index is 12.3. The highest BCUT2D eigenvalue weighted by atomic mass is 35.5. The van der Waals surface area contributed by atoms with Crippen LogP contribution in [0.4, 0.5) is 11.4 Å². The molecule has 0 radical (unpaired) electrons. The van der Waals surface area contributed by atoms with Crippen molar-refractivity contribution in [3.8, 4) is 0 Å². The predicted octanol–water partition coefficient (Wildman–Crippen LogP) is 2.89.